The standard InChI is InChI=1S/C21H20N2O5/c1-3-12-22-18(24)13(2)28-21(27)14-8-10-15(11-9-14)23-19(25)16-6-4-5-7-17(16)20(23)26/h4-11,13H,3,12H2,1-2H3,(H,22,24). The van der Waals surface area contributed by atoms with E-state index >= 15 is 0 Å². The first-order valence-corrected chi connectivity index (χ1v) is 9.00. The molecule has 0 saturated heterocycles. The van der Waals surface area contributed by atoms with Gasteiger partial charge in [-0.15, -0.1) is 0 Å². The molecule has 144 valence electrons. The molecule has 0 bridgehead atoms. The summed E-state index contributed by atoms with van der Waals surface area (Å²) in [6.45, 7) is 3.93. The third kappa shape index (κ3) is 3.64. The molecule has 1 aliphatic heterocycles. The molecule has 1 unspecified atom stereocenters. The van der Waals surface area contributed by atoms with Gasteiger partial charge in [0, 0.05) is 6.54 Å². The van der Waals surface area contributed by atoms with Gasteiger partial charge in [0.1, 0.15) is 0 Å². The van der Waals surface area contributed by atoms with Crippen LogP contribution in [0.5, 0.6) is 0 Å². The van der Waals surface area contributed by atoms with Crippen LogP contribution in [-0.2, 0) is 9.53 Å². The van der Waals surface area contributed by atoms with Gasteiger partial charge in [-0.05, 0) is 49.7 Å². The molecule has 2 aromatic rings. The zero-order chi connectivity index (χ0) is 20.3. The van der Waals surface area contributed by atoms with Crippen molar-refractivity contribution >= 4 is 29.4 Å². The van der Waals surface area contributed by atoms with Crippen LogP contribution in [0, 0.1) is 0 Å². The van der Waals surface area contributed by atoms with E-state index in [1.54, 1.807) is 24.3 Å². The number of esters is 1. The maximum atomic E-state index is 12.5. The molecule has 3 rings (SSSR count). The van der Waals surface area contributed by atoms with Crippen LogP contribution in [0.2, 0.25) is 0 Å². The number of hydrogen-bond donors (Lipinski definition) is 1. The maximum Gasteiger partial charge on any atom is 0.338 e. The summed E-state index contributed by atoms with van der Waals surface area (Å²) in [6, 6.07) is 12.5. The van der Waals surface area contributed by atoms with Gasteiger partial charge in [-0.3, -0.25) is 14.4 Å². The normalized spacial score (nSPS) is 13.9. The van der Waals surface area contributed by atoms with Crippen molar-refractivity contribution < 1.29 is 23.9 Å². The summed E-state index contributed by atoms with van der Waals surface area (Å²) in [5, 5.41) is 2.66. The second kappa shape index (κ2) is 8.04. The molecule has 1 atom stereocenters. The quantitative estimate of drug-likeness (QED) is 0.614. The molecule has 0 saturated carbocycles. The van der Waals surface area contributed by atoms with Crippen LogP contribution in [0.15, 0.2) is 48.5 Å². The second-order valence-electron chi connectivity index (χ2n) is 6.38. The Morgan fingerprint density at radius 2 is 1.57 bits per heavy atom. The van der Waals surface area contributed by atoms with Crippen LogP contribution in [0.1, 0.15) is 51.3 Å². The largest absolute Gasteiger partial charge is 0.449 e. The highest BCUT2D eigenvalue weighted by Crippen LogP contribution is 2.28. The van der Waals surface area contributed by atoms with E-state index in [0.29, 0.717) is 23.4 Å². The summed E-state index contributed by atoms with van der Waals surface area (Å²) in [5.41, 5.74) is 1.28. The van der Waals surface area contributed by atoms with Crippen molar-refractivity contribution in [2.75, 3.05) is 11.4 Å². The Morgan fingerprint density at radius 1 is 1.00 bits per heavy atom. The number of ether oxygens (including phenoxy) is 1. The van der Waals surface area contributed by atoms with Crippen LogP contribution in [0.3, 0.4) is 0 Å². The van der Waals surface area contributed by atoms with E-state index in [1.165, 1.54) is 31.2 Å². The van der Waals surface area contributed by atoms with Gasteiger partial charge in [0.25, 0.3) is 17.7 Å². The molecule has 1 heterocycles. The number of benzene rings is 2. The summed E-state index contributed by atoms with van der Waals surface area (Å²) >= 11 is 0. The van der Waals surface area contributed by atoms with Crippen molar-refractivity contribution in [1.29, 1.82) is 0 Å². The predicted octanol–water partition coefficient (Wildman–Crippen LogP) is 2.56. The Balaban J connectivity index is 1.71. The van der Waals surface area contributed by atoms with Crippen molar-refractivity contribution in [3.05, 3.63) is 65.2 Å². The average molecular weight is 380 g/mol. The monoisotopic (exact) mass is 380 g/mol. The lowest BCUT2D eigenvalue weighted by Crippen LogP contribution is -2.36. The van der Waals surface area contributed by atoms with Gasteiger partial charge in [0.2, 0.25) is 0 Å². The first kappa shape index (κ1) is 19.3. The first-order valence-electron chi connectivity index (χ1n) is 9.00. The molecule has 7 nitrogen and oxygen atoms in total. The fourth-order valence-corrected chi connectivity index (χ4v) is 2.84. The summed E-state index contributed by atoms with van der Waals surface area (Å²) < 4.78 is 5.16. The molecule has 1 aliphatic rings. The minimum Gasteiger partial charge on any atom is -0.449 e. The fraction of sp³-hybridized carbons (Fsp3) is 0.238. The molecule has 0 aromatic heterocycles. The molecule has 7 heteroatoms. The number of anilines is 1. The van der Waals surface area contributed by atoms with Crippen molar-refractivity contribution in [2.45, 2.75) is 26.4 Å². The zero-order valence-corrected chi connectivity index (χ0v) is 15.6. The van der Waals surface area contributed by atoms with Gasteiger partial charge >= 0.3 is 5.97 Å². The molecular weight excluding hydrogens is 360 g/mol. The number of nitrogens with zero attached hydrogens (tertiary/aromatic N) is 1. The number of nitrogens with one attached hydrogen (secondary N) is 1. The summed E-state index contributed by atoms with van der Waals surface area (Å²) in [7, 11) is 0. The average Bonchev–Trinajstić information content (AvgIpc) is 2.97. The molecule has 28 heavy (non-hydrogen) atoms. The molecule has 0 aliphatic carbocycles. The van der Waals surface area contributed by atoms with E-state index in [-0.39, 0.29) is 11.5 Å². The Labute approximate surface area is 162 Å². The van der Waals surface area contributed by atoms with Crippen molar-refractivity contribution in [1.82, 2.24) is 5.32 Å². The lowest BCUT2D eigenvalue weighted by molar-refractivity contribution is -0.129. The van der Waals surface area contributed by atoms with E-state index in [4.69, 9.17) is 4.74 Å². The summed E-state index contributed by atoms with van der Waals surface area (Å²) in [5.74, 6) is -1.83. The summed E-state index contributed by atoms with van der Waals surface area (Å²) in [6.07, 6.45) is -0.138. The lowest BCUT2D eigenvalue weighted by atomic mass is 10.1. The second-order valence-corrected chi connectivity index (χ2v) is 6.38. The highest BCUT2D eigenvalue weighted by atomic mass is 16.5. The minimum absolute atomic E-state index is 0.218. The Hall–Kier alpha value is -3.48. The van der Waals surface area contributed by atoms with E-state index in [2.05, 4.69) is 5.32 Å². The van der Waals surface area contributed by atoms with Gasteiger partial charge in [-0.1, -0.05) is 19.1 Å². The van der Waals surface area contributed by atoms with E-state index in [9.17, 15) is 19.2 Å². The van der Waals surface area contributed by atoms with Crippen molar-refractivity contribution in [2.24, 2.45) is 0 Å². The third-order valence-corrected chi connectivity index (χ3v) is 4.36. The molecule has 0 fully saturated rings. The topological polar surface area (TPSA) is 92.8 Å². The van der Waals surface area contributed by atoms with Gasteiger partial charge in [0.05, 0.1) is 22.4 Å². The highest BCUT2D eigenvalue weighted by Gasteiger charge is 2.36. The highest BCUT2D eigenvalue weighted by molar-refractivity contribution is 6.34. The number of fused-ring (bicyclic) bond motifs is 1. The van der Waals surface area contributed by atoms with Crippen LogP contribution in [0.4, 0.5) is 5.69 Å². The lowest BCUT2D eigenvalue weighted by Gasteiger charge is -2.15. The molecule has 3 amide bonds. The minimum atomic E-state index is -0.921. The summed E-state index contributed by atoms with van der Waals surface area (Å²) in [4.78, 5) is 50.1. The van der Waals surface area contributed by atoms with E-state index in [0.717, 1.165) is 11.3 Å². The fourth-order valence-electron chi connectivity index (χ4n) is 2.84. The molecule has 0 spiro atoms. The SMILES string of the molecule is CCCNC(=O)C(C)OC(=O)c1ccc(N2C(=O)c3ccccc3C2=O)cc1. The van der Waals surface area contributed by atoms with Gasteiger partial charge in [0.15, 0.2) is 6.10 Å². The smallest absolute Gasteiger partial charge is 0.338 e. The number of carbonyl (C=O) groups is 4. The van der Waals surface area contributed by atoms with Gasteiger partial charge in [-0.25, -0.2) is 9.69 Å². The molecule has 1 N–H and O–H groups in total. The van der Waals surface area contributed by atoms with E-state index in [1.807, 2.05) is 6.92 Å². The number of rotatable bonds is 6. The molecular formula is C21H20N2O5. The Kier molecular flexibility index (Phi) is 5.54. The number of imide groups is 1. The Morgan fingerprint density at radius 3 is 2.11 bits per heavy atom. The third-order valence-electron chi connectivity index (χ3n) is 4.36. The predicted molar refractivity (Wildman–Crippen MR) is 102 cm³/mol. The van der Waals surface area contributed by atoms with Crippen LogP contribution in [0.25, 0.3) is 0 Å². The van der Waals surface area contributed by atoms with Crippen molar-refractivity contribution in [3.8, 4) is 0 Å². The van der Waals surface area contributed by atoms with Crippen LogP contribution in [-0.4, -0.2) is 36.3 Å². The van der Waals surface area contributed by atoms with Crippen LogP contribution >= 0.6 is 0 Å². The zero-order valence-electron chi connectivity index (χ0n) is 15.6. The number of carbonyl (C=O) groups excluding carboxylic acids is 4. The van der Waals surface area contributed by atoms with Gasteiger partial charge < -0.3 is 10.1 Å². The first-order chi connectivity index (χ1) is 13.4. The van der Waals surface area contributed by atoms with Crippen LogP contribution < -0.4 is 10.2 Å². The number of hydrogen-bond acceptors (Lipinski definition) is 5. The van der Waals surface area contributed by atoms with Crippen molar-refractivity contribution in [3.63, 3.8) is 0 Å². The molecule has 2 aromatic carbocycles. The number of amides is 3. The van der Waals surface area contributed by atoms with Gasteiger partial charge in [-0.2, -0.15) is 0 Å². The van der Waals surface area contributed by atoms with E-state index < -0.39 is 23.9 Å². The maximum absolute atomic E-state index is 12.5. The Bertz CT molecular complexity index is 901. The molecule has 0 radical (unpaired) electrons.